The van der Waals surface area contributed by atoms with Gasteiger partial charge in [-0.3, -0.25) is 4.79 Å². The maximum absolute atomic E-state index is 11.9. The predicted molar refractivity (Wildman–Crippen MR) is 49.2 cm³/mol. The molecule has 2 N–H and O–H groups in total. The SMILES string of the molecule is CCN(CC(F)(F)F)C(=O)C(C)N.Cl. The Kier molecular flexibility index (Phi) is 6.93. The van der Waals surface area contributed by atoms with E-state index in [1.807, 2.05) is 0 Å². The first kappa shape index (κ1) is 16.0. The standard InChI is InChI=1S/C7H13F3N2O.ClH/c1-3-12(4-7(8,9)10)6(13)5(2)11;/h5H,3-4,11H2,1-2H3;1H. The third-order valence-corrected chi connectivity index (χ3v) is 1.45. The highest BCUT2D eigenvalue weighted by Crippen LogP contribution is 2.16. The van der Waals surface area contributed by atoms with Crippen molar-refractivity contribution in [1.29, 1.82) is 0 Å². The summed E-state index contributed by atoms with van der Waals surface area (Å²) < 4.78 is 35.6. The molecule has 0 aliphatic rings. The quantitative estimate of drug-likeness (QED) is 0.797. The summed E-state index contributed by atoms with van der Waals surface area (Å²) in [5, 5.41) is 0. The van der Waals surface area contributed by atoms with Gasteiger partial charge in [0, 0.05) is 6.54 Å². The van der Waals surface area contributed by atoms with Crippen LogP contribution in [0.4, 0.5) is 13.2 Å². The van der Waals surface area contributed by atoms with Crippen molar-refractivity contribution in [3.63, 3.8) is 0 Å². The van der Waals surface area contributed by atoms with Crippen LogP contribution in [-0.2, 0) is 4.79 Å². The first-order valence-electron chi connectivity index (χ1n) is 3.89. The Balaban J connectivity index is 0. The summed E-state index contributed by atoms with van der Waals surface area (Å²) in [5.74, 6) is -0.681. The molecule has 0 aromatic rings. The van der Waals surface area contributed by atoms with Gasteiger partial charge in [0.15, 0.2) is 0 Å². The number of likely N-dealkylation sites (N-methyl/N-ethyl adjacent to an activating group) is 1. The van der Waals surface area contributed by atoms with Crippen molar-refractivity contribution in [3.8, 4) is 0 Å². The van der Waals surface area contributed by atoms with Gasteiger partial charge in [-0.2, -0.15) is 13.2 Å². The first-order chi connectivity index (χ1) is 5.78. The molecule has 0 aromatic heterocycles. The zero-order valence-electron chi connectivity index (χ0n) is 7.97. The van der Waals surface area contributed by atoms with E-state index in [0.29, 0.717) is 4.90 Å². The molecule has 0 radical (unpaired) electrons. The summed E-state index contributed by atoms with van der Waals surface area (Å²) in [6.07, 6.45) is -4.36. The molecule has 3 nitrogen and oxygen atoms in total. The molecule has 7 heteroatoms. The highest BCUT2D eigenvalue weighted by Gasteiger charge is 2.32. The van der Waals surface area contributed by atoms with Crippen LogP contribution in [0.25, 0.3) is 0 Å². The number of nitrogens with zero attached hydrogens (tertiary/aromatic N) is 1. The summed E-state index contributed by atoms with van der Waals surface area (Å²) in [6.45, 7) is 1.62. The molecule has 0 aliphatic heterocycles. The second-order valence-electron chi connectivity index (χ2n) is 2.76. The number of carbonyl (C=O) groups excluding carboxylic acids is 1. The van der Waals surface area contributed by atoms with Crippen LogP contribution in [0.15, 0.2) is 0 Å². The van der Waals surface area contributed by atoms with Crippen LogP contribution >= 0.6 is 12.4 Å². The minimum absolute atomic E-state index is 0. The van der Waals surface area contributed by atoms with E-state index in [2.05, 4.69) is 0 Å². The largest absolute Gasteiger partial charge is 0.406 e. The van der Waals surface area contributed by atoms with Crippen LogP contribution in [0, 0.1) is 0 Å². The van der Waals surface area contributed by atoms with Crippen LogP contribution in [0.3, 0.4) is 0 Å². The lowest BCUT2D eigenvalue weighted by Gasteiger charge is -2.23. The van der Waals surface area contributed by atoms with E-state index in [4.69, 9.17) is 5.73 Å². The lowest BCUT2D eigenvalue weighted by Crippen LogP contribution is -2.46. The van der Waals surface area contributed by atoms with E-state index >= 15 is 0 Å². The molecular weight excluding hydrogens is 221 g/mol. The van der Waals surface area contributed by atoms with Gasteiger partial charge in [0.05, 0.1) is 6.04 Å². The fourth-order valence-electron chi connectivity index (χ4n) is 0.850. The third-order valence-electron chi connectivity index (χ3n) is 1.45. The van der Waals surface area contributed by atoms with Crippen LogP contribution in [-0.4, -0.2) is 36.1 Å². The Bertz CT molecular complexity index is 184. The number of hydrogen-bond donors (Lipinski definition) is 1. The van der Waals surface area contributed by atoms with E-state index < -0.39 is 24.7 Å². The van der Waals surface area contributed by atoms with Crippen LogP contribution in [0.2, 0.25) is 0 Å². The zero-order valence-corrected chi connectivity index (χ0v) is 8.78. The Morgan fingerprint density at radius 2 is 1.93 bits per heavy atom. The Labute approximate surface area is 86.8 Å². The van der Waals surface area contributed by atoms with Gasteiger partial charge in [-0.1, -0.05) is 0 Å². The molecule has 86 valence electrons. The lowest BCUT2D eigenvalue weighted by molar-refractivity contribution is -0.161. The maximum atomic E-state index is 11.9. The maximum Gasteiger partial charge on any atom is 0.406 e. The molecule has 1 amide bonds. The molecule has 0 heterocycles. The minimum Gasteiger partial charge on any atom is -0.333 e. The van der Waals surface area contributed by atoms with E-state index in [1.54, 1.807) is 0 Å². The number of carbonyl (C=O) groups is 1. The molecule has 0 saturated heterocycles. The molecule has 0 rings (SSSR count). The average molecular weight is 235 g/mol. The second-order valence-corrected chi connectivity index (χ2v) is 2.76. The summed E-state index contributed by atoms with van der Waals surface area (Å²) in [7, 11) is 0. The van der Waals surface area contributed by atoms with Crippen molar-refractivity contribution < 1.29 is 18.0 Å². The average Bonchev–Trinajstić information content (AvgIpc) is 1.97. The van der Waals surface area contributed by atoms with Gasteiger partial charge < -0.3 is 10.6 Å². The molecule has 1 unspecified atom stereocenters. The monoisotopic (exact) mass is 234 g/mol. The Hall–Kier alpha value is -0.490. The second kappa shape index (κ2) is 6.08. The molecule has 1 atom stereocenters. The molecule has 0 saturated carbocycles. The third kappa shape index (κ3) is 6.04. The van der Waals surface area contributed by atoms with Crippen molar-refractivity contribution in [2.75, 3.05) is 13.1 Å². The van der Waals surface area contributed by atoms with Gasteiger partial charge in [-0.05, 0) is 13.8 Å². The summed E-state index contributed by atoms with van der Waals surface area (Å²) >= 11 is 0. The first-order valence-corrected chi connectivity index (χ1v) is 3.89. The molecular formula is C7H14ClF3N2O. The number of hydrogen-bond acceptors (Lipinski definition) is 2. The van der Waals surface area contributed by atoms with Crippen molar-refractivity contribution in [3.05, 3.63) is 0 Å². The summed E-state index contributed by atoms with van der Waals surface area (Å²) in [6, 6.07) is -0.887. The Morgan fingerprint density at radius 3 is 2.14 bits per heavy atom. The van der Waals surface area contributed by atoms with Crippen molar-refractivity contribution in [2.24, 2.45) is 5.73 Å². The molecule has 0 aromatic carbocycles. The highest BCUT2D eigenvalue weighted by atomic mass is 35.5. The van der Waals surface area contributed by atoms with E-state index in [0.717, 1.165) is 0 Å². The Morgan fingerprint density at radius 1 is 1.50 bits per heavy atom. The molecule has 0 bridgehead atoms. The normalized spacial score (nSPS) is 13.0. The van der Waals surface area contributed by atoms with Crippen LogP contribution < -0.4 is 5.73 Å². The predicted octanol–water partition coefficient (Wildman–Crippen LogP) is 1.17. The number of amides is 1. The number of nitrogens with two attached hydrogens (primary N) is 1. The van der Waals surface area contributed by atoms with Crippen molar-refractivity contribution in [1.82, 2.24) is 4.90 Å². The number of halogens is 4. The van der Waals surface area contributed by atoms with E-state index in [-0.39, 0.29) is 19.0 Å². The van der Waals surface area contributed by atoms with Gasteiger partial charge in [0.25, 0.3) is 0 Å². The van der Waals surface area contributed by atoms with Gasteiger partial charge >= 0.3 is 6.18 Å². The summed E-state index contributed by atoms with van der Waals surface area (Å²) in [5.41, 5.74) is 5.17. The van der Waals surface area contributed by atoms with E-state index in [9.17, 15) is 18.0 Å². The molecule has 14 heavy (non-hydrogen) atoms. The van der Waals surface area contributed by atoms with Crippen molar-refractivity contribution >= 4 is 18.3 Å². The fraction of sp³-hybridized carbons (Fsp3) is 0.857. The molecule has 0 aliphatic carbocycles. The van der Waals surface area contributed by atoms with Crippen LogP contribution in [0.1, 0.15) is 13.8 Å². The van der Waals surface area contributed by atoms with Gasteiger partial charge in [-0.25, -0.2) is 0 Å². The lowest BCUT2D eigenvalue weighted by atomic mass is 10.3. The zero-order chi connectivity index (χ0) is 10.6. The van der Waals surface area contributed by atoms with Gasteiger partial charge in [-0.15, -0.1) is 12.4 Å². The van der Waals surface area contributed by atoms with Crippen molar-refractivity contribution in [2.45, 2.75) is 26.1 Å². The van der Waals surface area contributed by atoms with Crippen LogP contribution in [0.5, 0.6) is 0 Å². The van der Waals surface area contributed by atoms with E-state index in [1.165, 1.54) is 13.8 Å². The minimum atomic E-state index is -4.36. The highest BCUT2D eigenvalue weighted by molar-refractivity contribution is 5.85. The number of alkyl halides is 3. The topological polar surface area (TPSA) is 46.3 Å². The molecule has 0 spiro atoms. The number of rotatable bonds is 3. The fourth-order valence-corrected chi connectivity index (χ4v) is 0.850. The molecule has 0 fully saturated rings. The smallest absolute Gasteiger partial charge is 0.333 e. The summed E-state index contributed by atoms with van der Waals surface area (Å²) in [4.78, 5) is 11.7. The van der Waals surface area contributed by atoms with Gasteiger partial charge in [0.1, 0.15) is 6.54 Å². The van der Waals surface area contributed by atoms with Gasteiger partial charge in [0.2, 0.25) is 5.91 Å².